The molecule has 18 heavy (non-hydrogen) atoms. The summed E-state index contributed by atoms with van der Waals surface area (Å²) in [5.74, 6) is 1.20. The van der Waals surface area contributed by atoms with Crippen molar-refractivity contribution in [3.8, 4) is 11.6 Å². The summed E-state index contributed by atoms with van der Waals surface area (Å²) >= 11 is 1.34. The molecule has 0 aromatic carbocycles. The topological polar surface area (TPSA) is 87.1 Å². The second kappa shape index (κ2) is 5.45. The van der Waals surface area contributed by atoms with Crippen molar-refractivity contribution in [2.75, 3.05) is 12.3 Å². The van der Waals surface area contributed by atoms with Crippen LogP contribution in [-0.2, 0) is 4.74 Å². The second-order valence-corrected chi connectivity index (χ2v) is 5.04. The van der Waals surface area contributed by atoms with Gasteiger partial charge in [0.15, 0.2) is 5.13 Å². The predicted molar refractivity (Wildman–Crippen MR) is 69.0 cm³/mol. The molecule has 0 saturated carbocycles. The Labute approximate surface area is 109 Å². The Balaban J connectivity index is 2.23. The first-order chi connectivity index (χ1) is 8.61. The fourth-order valence-electron chi connectivity index (χ4n) is 1.58. The lowest BCUT2D eigenvalue weighted by atomic mass is 10.1. The van der Waals surface area contributed by atoms with Crippen molar-refractivity contribution >= 4 is 16.5 Å². The number of aromatic nitrogens is 3. The third-order valence-electron chi connectivity index (χ3n) is 2.39. The Morgan fingerprint density at radius 2 is 2.22 bits per heavy atom. The number of hydrogen-bond acceptors (Lipinski definition) is 7. The highest BCUT2D eigenvalue weighted by Gasteiger charge is 2.23. The molecule has 0 radical (unpaired) electrons. The van der Waals surface area contributed by atoms with Gasteiger partial charge >= 0.3 is 0 Å². The zero-order valence-corrected chi connectivity index (χ0v) is 11.4. The highest BCUT2D eigenvalue weighted by atomic mass is 32.1. The minimum atomic E-state index is -0.163. The molecule has 0 amide bonds. The number of ether oxygens (including phenoxy) is 1. The van der Waals surface area contributed by atoms with Crippen molar-refractivity contribution in [2.24, 2.45) is 5.92 Å². The van der Waals surface area contributed by atoms with Crippen LogP contribution in [0.1, 0.15) is 32.7 Å². The number of hydrogen-bond donors (Lipinski definition) is 1. The molecule has 1 unspecified atom stereocenters. The van der Waals surface area contributed by atoms with Crippen molar-refractivity contribution in [1.29, 1.82) is 0 Å². The molecule has 6 nitrogen and oxygen atoms in total. The predicted octanol–water partition coefficient (Wildman–Crippen LogP) is 2.51. The first kappa shape index (κ1) is 13.0. The molecule has 98 valence electrons. The zero-order chi connectivity index (χ0) is 13.1. The molecule has 0 bridgehead atoms. The van der Waals surface area contributed by atoms with Gasteiger partial charge in [-0.15, -0.1) is 11.3 Å². The molecule has 1 atom stereocenters. The van der Waals surface area contributed by atoms with Crippen LogP contribution < -0.4 is 5.73 Å². The van der Waals surface area contributed by atoms with Crippen LogP contribution in [0.4, 0.5) is 5.13 Å². The smallest absolute Gasteiger partial charge is 0.277 e. The van der Waals surface area contributed by atoms with E-state index in [9.17, 15) is 0 Å². The quantitative estimate of drug-likeness (QED) is 0.896. The van der Waals surface area contributed by atoms with Crippen molar-refractivity contribution in [3.63, 3.8) is 0 Å². The van der Waals surface area contributed by atoms with Crippen molar-refractivity contribution in [3.05, 3.63) is 11.2 Å². The molecular formula is C11H16N4O2S. The van der Waals surface area contributed by atoms with E-state index in [2.05, 4.69) is 29.0 Å². The van der Waals surface area contributed by atoms with Crippen LogP contribution in [0.25, 0.3) is 11.6 Å². The molecule has 7 heteroatoms. The fraction of sp³-hybridized carbons (Fsp3) is 0.545. The number of anilines is 1. The van der Waals surface area contributed by atoms with Gasteiger partial charge < -0.3 is 15.0 Å². The normalized spacial score (nSPS) is 13.1. The Kier molecular flexibility index (Phi) is 3.93. The van der Waals surface area contributed by atoms with Crippen LogP contribution in [0.15, 0.2) is 9.90 Å². The molecule has 0 aliphatic heterocycles. The summed E-state index contributed by atoms with van der Waals surface area (Å²) < 4.78 is 10.8. The average molecular weight is 268 g/mol. The zero-order valence-electron chi connectivity index (χ0n) is 10.6. The largest absolute Gasteiger partial charge is 0.375 e. The van der Waals surface area contributed by atoms with Gasteiger partial charge in [0.05, 0.1) is 0 Å². The van der Waals surface area contributed by atoms with Gasteiger partial charge in [-0.2, -0.15) is 4.98 Å². The molecular weight excluding hydrogens is 252 g/mol. The molecule has 0 saturated heterocycles. The van der Waals surface area contributed by atoms with E-state index in [0.717, 1.165) is 0 Å². The van der Waals surface area contributed by atoms with E-state index in [1.165, 1.54) is 11.3 Å². The fourth-order valence-corrected chi connectivity index (χ4v) is 2.12. The first-order valence-electron chi connectivity index (χ1n) is 5.78. The average Bonchev–Trinajstić information content (AvgIpc) is 2.93. The van der Waals surface area contributed by atoms with E-state index in [4.69, 9.17) is 15.0 Å². The summed E-state index contributed by atoms with van der Waals surface area (Å²) in [6.45, 7) is 6.66. The molecule has 2 rings (SSSR count). The van der Waals surface area contributed by atoms with Gasteiger partial charge in [0.25, 0.3) is 5.89 Å². The van der Waals surface area contributed by atoms with E-state index in [1.54, 1.807) is 5.38 Å². The Bertz CT molecular complexity index is 509. The molecule has 2 aromatic rings. The van der Waals surface area contributed by atoms with Crippen LogP contribution in [0.3, 0.4) is 0 Å². The maximum atomic E-state index is 5.62. The van der Waals surface area contributed by atoms with E-state index in [0.29, 0.717) is 29.1 Å². The number of nitrogens with zero attached hydrogens (tertiary/aromatic N) is 3. The van der Waals surface area contributed by atoms with Gasteiger partial charge in [0.1, 0.15) is 11.8 Å². The van der Waals surface area contributed by atoms with Crippen molar-refractivity contribution < 1.29 is 9.26 Å². The van der Waals surface area contributed by atoms with Crippen LogP contribution in [-0.4, -0.2) is 21.7 Å². The maximum absolute atomic E-state index is 5.62. The van der Waals surface area contributed by atoms with E-state index >= 15 is 0 Å². The van der Waals surface area contributed by atoms with Gasteiger partial charge in [-0.25, -0.2) is 4.98 Å². The van der Waals surface area contributed by atoms with Gasteiger partial charge in [0, 0.05) is 12.0 Å². The van der Waals surface area contributed by atoms with Crippen LogP contribution in [0, 0.1) is 5.92 Å². The van der Waals surface area contributed by atoms with Gasteiger partial charge in [-0.1, -0.05) is 19.0 Å². The van der Waals surface area contributed by atoms with Crippen LogP contribution in [0.5, 0.6) is 0 Å². The molecule has 0 aliphatic rings. The van der Waals surface area contributed by atoms with Gasteiger partial charge in [-0.3, -0.25) is 0 Å². The minimum Gasteiger partial charge on any atom is -0.375 e. The van der Waals surface area contributed by atoms with Crippen molar-refractivity contribution in [2.45, 2.75) is 26.9 Å². The van der Waals surface area contributed by atoms with Gasteiger partial charge in [0.2, 0.25) is 5.82 Å². The summed E-state index contributed by atoms with van der Waals surface area (Å²) in [5.41, 5.74) is 6.18. The van der Waals surface area contributed by atoms with E-state index < -0.39 is 0 Å². The molecule has 0 aliphatic carbocycles. The lowest BCUT2D eigenvalue weighted by molar-refractivity contribution is 0.0217. The maximum Gasteiger partial charge on any atom is 0.277 e. The molecule has 0 fully saturated rings. The Hall–Kier alpha value is -1.47. The lowest BCUT2D eigenvalue weighted by Crippen LogP contribution is -2.12. The third-order valence-corrected chi connectivity index (χ3v) is 3.06. The molecule has 2 aromatic heterocycles. The first-order valence-corrected chi connectivity index (χ1v) is 6.66. The minimum absolute atomic E-state index is 0.163. The second-order valence-electron chi connectivity index (χ2n) is 4.15. The summed E-state index contributed by atoms with van der Waals surface area (Å²) in [4.78, 5) is 8.42. The summed E-state index contributed by atoms with van der Waals surface area (Å²) in [7, 11) is 0. The summed E-state index contributed by atoms with van der Waals surface area (Å²) in [6, 6.07) is 0. The van der Waals surface area contributed by atoms with Crippen LogP contribution >= 0.6 is 11.3 Å². The molecule has 0 spiro atoms. The number of rotatable bonds is 5. The summed E-state index contributed by atoms with van der Waals surface area (Å²) in [6.07, 6.45) is -0.163. The number of nitrogens with two attached hydrogens (primary N) is 1. The monoisotopic (exact) mass is 268 g/mol. The SMILES string of the molecule is CCOC(c1noc(-c2csc(N)n2)n1)C(C)C. The van der Waals surface area contributed by atoms with E-state index in [-0.39, 0.29) is 12.0 Å². The Morgan fingerprint density at radius 3 is 2.78 bits per heavy atom. The van der Waals surface area contributed by atoms with Crippen molar-refractivity contribution in [1.82, 2.24) is 15.1 Å². The standard InChI is InChI=1S/C11H16N4O2S/c1-4-16-8(6(2)3)9-14-10(17-15-9)7-5-18-11(12)13-7/h5-6,8H,4H2,1-3H3,(H2,12,13). The number of nitrogen functional groups attached to an aromatic ring is 1. The number of thiazole rings is 1. The summed E-state index contributed by atoms with van der Waals surface area (Å²) in [5, 5.41) is 6.23. The highest BCUT2D eigenvalue weighted by molar-refractivity contribution is 7.13. The van der Waals surface area contributed by atoms with Gasteiger partial charge in [-0.05, 0) is 12.8 Å². The molecule has 2 heterocycles. The Morgan fingerprint density at radius 1 is 1.44 bits per heavy atom. The highest BCUT2D eigenvalue weighted by Crippen LogP contribution is 2.27. The molecule has 2 N–H and O–H groups in total. The van der Waals surface area contributed by atoms with Crippen LogP contribution in [0.2, 0.25) is 0 Å². The third kappa shape index (κ3) is 2.68. The van der Waals surface area contributed by atoms with E-state index in [1.807, 2.05) is 6.92 Å². The lowest BCUT2D eigenvalue weighted by Gasteiger charge is -2.16.